The van der Waals surface area contributed by atoms with Crippen LogP contribution in [-0.2, 0) is 4.79 Å². The molecule has 94 valence electrons. The number of amides is 1. The first kappa shape index (κ1) is 15.4. The zero-order valence-electron chi connectivity index (χ0n) is 11.0. The molecule has 1 amide bonds. The van der Waals surface area contributed by atoms with Gasteiger partial charge >= 0.3 is 0 Å². The molecule has 0 aliphatic heterocycles. The smallest absolute Gasteiger partial charge is 0.230 e. The molecule has 0 saturated heterocycles. The Bertz CT molecular complexity index is 262. The lowest BCUT2D eigenvalue weighted by molar-refractivity contribution is -0.125. The van der Waals surface area contributed by atoms with Crippen LogP contribution >= 0.6 is 12.2 Å². The summed E-state index contributed by atoms with van der Waals surface area (Å²) < 4.78 is 0. The molecular weight excluding hydrogens is 220 g/mol. The predicted molar refractivity (Wildman–Crippen MR) is 72.2 cm³/mol. The summed E-state index contributed by atoms with van der Waals surface area (Å²) in [5.74, 6) is -0.290. The molecule has 1 unspecified atom stereocenters. The van der Waals surface area contributed by atoms with Gasteiger partial charge in [0.15, 0.2) is 0 Å². The molecule has 3 N–H and O–H groups in total. The number of nitrogens with two attached hydrogens (primary N) is 1. The summed E-state index contributed by atoms with van der Waals surface area (Å²) in [7, 11) is 0. The van der Waals surface area contributed by atoms with Gasteiger partial charge in [-0.2, -0.15) is 0 Å². The Morgan fingerprint density at radius 2 is 1.94 bits per heavy atom. The van der Waals surface area contributed by atoms with Crippen LogP contribution in [-0.4, -0.2) is 16.4 Å². The van der Waals surface area contributed by atoms with Crippen LogP contribution in [0.1, 0.15) is 47.5 Å². The van der Waals surface area contributed by atoms with Crippen molar-refractivity contribution in [2.75, 3.05) is 0 Å². The summed E-state index contributed by atoms with van der Waals surface area (Å²) >= 11 is 4.94. The molecule has 0 aliphatic carbocycles. The molecule has 0 aromatic rings. The maximum atomic E-state index is 12.0. The van der Waals surface area contributed by atoms with E-state index in [9.17, 15) is 4.79 Å². The van der Waals surface area contributed by atoms with Gasteiger partial charge in [-0.3, -0.25) is 4.79 Å². The number of hydrogen-bond acceptors (Lipinski definition) is 2. The second kappa shape index (κ2) is 6.18. The molecule has 1 atom stereocenters. The first-order valence-electron chi connectivity index (χ1n) is 5.82. The predicted octanol–water partition coefficient (Wildman–Crippen LogP) is 2.24. The SMILES string of the molecule is CCCC(C)(C)NC(=O)C(C(N)=S)C(C)C. The molecule has 3 nitrogen and oxygen atoms in total. The van der Waals surface area contributed by atoms with Gasteiger partial charge in [-0.1, -0.05) is 39.4 Å². The maximum absolute atomic E-state index is 12.0. The van der Waals surface area contributed by atoms with E-state index in [-0.39, 0.29) is 28.3 Å². The lowest BCUT2D eigenvalue weighted by Crippen LogP contribution is -2.49. The Morgan fingerprint density at radius 3 is 2.25 bits per heavy atom. The van der Waals surface area contributed by atoms with Gasteiger partial charge in [0, 0.05) is 5.54 Å². The van der Waals surface area contributed by atoms with Crippen molar-refractivity contribution in [3.8, 4) is 0 Å². The van der Waals surface area contributed by atoms with Crippen LogP contribution in [0.15, 0.2) is 0 Å². The average molecular weight is 244 g/mol. The summed E-state index contributed by atoms with van der Waals surface area (Å²) in [4.78, 5) is 12.3. The highest BCUT2D eigenvalue weighted by Gasteiger charge is 2.29. The molecule has 16 heavy (non-hydrogen) atoms. The molecule has 4 heteroatoms. The summed E-state index contributed by atoms with van der Waals surface area (Å²) in [6, 6.07) is 0. The number of carbonyl (C=O) groups excluding carboxylic acids is 1. The van der Waals surface area contributed by atoms with Crippen molar-refractivity contribution in [1.29, 1.82) is 0 Å². The highest BCUT2D eigenvalue weighted by atomic mass is 32.1. The van der Waals surface area contributed by atoms with Crippen LogP contribution in [0.3, 0.4) is 0 Å². The Hall–Kier alpha value is -0.640. The second-order valence-corrected chi connectivity index (χ2v) is 5.72. The highest BCUT2D eigenvalue weighted by Crippen LogP contribution is 2.16. The van der Waals surface area contributed by atoms with E-state index in [4.69, 9.17) is 18.0 Å². The van der Waals surface area contributed by atoms with Crippen LogP contribution in [0, 0.1) is 11.8 Å². The fraction of sp³-hybridized carbons (Fsp3) is 0.833. The van der Waals surface area contributed by atoms with Gasteiger partial charge in [0.25, 0.3) is 0 Å². The quantitative estimate of drug-likeness (QED) is 0.705. The van der Waals surface area contributed by atoms with Crippen LogP contribution in [0.4, 0.5) is 0 Å². The van der Waals surface area contributed by atoms with Crippen LogP contribution in [0.25, 0.3) is 0 Å². The van der Waals surface area contributed by atoms with E-state index in [2.05, 4.69) is 12.2 Å². The largest absolute Gasteiger partial charge is 0.393 e. The fourth-order valence-corrected chi connectivity index (χ4v) is 2.24. The summed E-state index contributed by atoms with van der Waals surface area (Å²) in [5.41, 5.74) is 5.41. The van der Waals surface area contributed by atoms with E-state index in [0.29, 0.717) is 0 Å². The molecular formula is C12H24N2OS. The number of nitrogens with one attached hydrogen (secondary N) is 1. The molecule has 0 radical (unpaired) electrons. The molecule has 0 saturated carbocycles. The Balaban J connectivity index is 4.60. The standard InChI is InChI=1S/C12H24N2OS/c1-6-7-12(4,5)14-11(15)9(8(2)3)10(13)16/h8-9H,6-7H2,1-5H3,(H2,13,16)(H,14,15). The number of carbonyl (C=O) groups is 1. The third-order valence-electron chi connectivity index (χ3n) is 2.59. The topological polar surface area (TPSA) is 55.1 Å². The van der Waals surface area contributed by atoms with Crippen LogP contribution in [0.2, 0.25) is 0 Å². The van der Waals surface area contributed by atoms with Gasteiger partial charge < -0.3 is 11.1 Å². The minimum Gasteiger partial charge on any atom is -0.393 e. The van der Waals surface area contributed by atoms with Crippen LogP contribution < -0.4 is 11.1 Å². The Morgan fingerprint density at radius 1 is 1.44 bits per heavy atom. The summed E-state index contributed by atoms with van der Waals surface area (Å²) in [5, 5.41) is 3.01. The summed E-state index contributed by atoms with van der Waals surface area (Å²) in [6.45, 7) is 10.0. The zero-order valence-corrected chi connectivity index (χ0v) is 11.8. The van der Waals surface area contributed by atoms with Crippen molar-refractivity contribution in [3.05, 3.63) is 0 Å². The van der Waals surface area contributed by atoms with Crippen molar-refractivity contribution in [2.24, 2.45) is 17.6 Å². The first-order valence-corrected chi connectivity index (χ1v) is 6.23. The van der Waals surface area contributed by atoms with Gasteiger partial charge in [-0.25, -0.2) is 0 Å². The lowest BCUT2D eigenvalue weighted by atomic mass is 9.92. The van der Waals surface area contributed by atoms with Crippen LogP contribution in [0.5, 0.6) is 0 Å². The summed E-state index contributed by atoms with van der Waals surface area (Å²) in [6.07, 6.45) is 1.98. The normalized spacial score (nSPS) is 13.6. The average Bonchev–Trinajstić information content (AvgIpc) is 1.99. The van der Waals surface area contributed by atoms with E-state index in [1.807, 2.05) is 27.7 Å². The molecule has 0 bridgehead atoms. The third kappa shape index (κ3) is 4.92. The van der Waals surface area contributed by atoms with Crippen molar-refractivity contribution >= 4 is 23.1 Å². The molecule has 0 spiro atoms. The fourth-order valence-electron chi connectivity index (χ4n) is 1.86. The molecule has 0 fully saturated rings. The lowest BCUT2D eigenvalue weighted by Gasteiger charge is -2.29. The molecule has 0 aromatic heterocycles. The van der Waals surface area contributed by atoms with Gasteiger partial charge in [-0.05, 0) is 26.2 Å². The monoisotopic (exact) mass is 244 g/mol. The Labute approximate surface area is 104 Å². The maximum Gasteiger partial charge on any atom is 0.230 e. The molecule has 0 heterocycles. The van der Waals surface area contributed by atoms with E-state index in [1.54, 1.807) is 0 Å². The first-order chi connectivity index (χ1) is 7.21. The minimum atomic E-state index is -0.369. The third-order valence-corrected chi connectivity index (χ3v) is 2.85. The van der Waals surface area contributed by atoms with Gasteiger partial charge in [-0.15, -0.1) is 0 Å². The van der Waals surface area contributed by atoms with Crippen molar-refractivity contribution in [1.82, 2.24) is 5.32 Å². The van der Waals surface area contributed by atoms with E-state index in [0.717, 1.165) is 12.8 Å². The van der Waals surface area contributed by atoms with Crippen molar-refractivity contribution < 1.29 is 4.79 Å². The number of thiocarbonyl (C=S) groups is 1. The van der Waals surface area contributed by atoms with Gasteiger partial charge in [0.1, 0.15) is 0 Å². The Kier molecular flexibility index (Phi) is 5.94. The highest BCUT2D eigenvalue weighted by molar-refractivity contribution is 7.80. The minimum absolute atomic E-state index is 0.0547. The van der Waals surface area contributed by atoms with Gasteiger partial charge in [0.05, 0.1) is 10.9 Å². The van der Waals surface area contributed by atoms with E-state index < -0.39 is 0 Å². The molecule has 0 aromatic carbocycles. The molecule has 0 rings (SSSR count). The molecule has 0 aliphatic rings. The van der Waals surface area contributed by atoms with Gasteiger partial charge in [0.2, 0.25) is 5.91 Å². The van der Waals surface area contributed by atoms with Crippen molar-refractivity contribution in [2.45, 2.75) is 53.0 Å². The van der Waals surface area contributed by atoms with E-state index in [1.165, 1.54) is 0 Å². The van der Waals surface area contributed by atoms with E-state index >= 15 is 0 Å². The number of rotatable bonds is 6. The number of hydrogen-bond donors (Lipinski definition) is 2. The second-order valence-electron chi connectivity index (χ2n) is 5.25. The van der Waals surface area contributed by atoms with Crippen molar-refractivity contribution in [3.63, 3.8) is 0 Å². The zero-order chi connectivity index (χ0) is 12.9.